The predicted octanol–water partition coefficient (Wildman–Crippen LogP) is 4.74. The van der Waals surface area contributed by atoms with Gasteiger partial charge in [-0.05, 0) is 47.9 Å². The Labute approximate surface area is 201 Å². The number of furan rings is 1. The van der Waals surface area contributed by atoms with Crippen LogP contribution >= 0.6 is 23.4 Å². The van der Waals surface area contributed by atoms with E-state index < -0.39 is 0 Å². The molecule has 2 aromatic carbocycles. The van der Waals surface area contributed by atoms with Gasteiger partial charge in [0, 0.05) is 18.7 Å². The van der Waals surface area contributed by atoms with Crippen LogP contribution in [0.2, 0.25) is 0 Å². The molecule has 1 spiro atoms. The summed E-state index contributed by atoms with van der Waals surface area (Å²) in [5, 5.41) is 2.16. The van der Waals surface area contributed by atoms with E-state index in [1.807, 2.05) is 41.3 Å². The number of hydrogen-bond donors (Lipinski definition) is 0. The molecule has 0 bridgehead atoms. The molecule has 2 amide bonds. The molecular weight excluding hydrogens is 460 g/mol. The summed E-state index contributed by atoms with van der Waals surface area (Å²) >= 11 is 7.40. The Kier molecular flexibility index (Phi) is 6.01. The highest BCUT2D eigenvalue weighted by molar-refractivity contribution is 8.01. The first-order valence-corrected chi connectivity index (χ1v) is 12.5. The van der Waals surface area contributed by atoms with E-state index in [9.17, 15) is 9.59 Å². The lowest BCUT2D eigenvalue weighted by Gasteiger charge is -2.43. The molecule has 0 N–H and O–H groups in total. The van der Waals surface area contributed by atoms with Crippen LogP contribution in [-0.2, 0) is 16.1 Å². The van der Waals surface area contributed by atoms with Gasteiger partial charge >= 0.3 is 0 Å². The Balaban J connectivity index is 1.39. The van der Waals surface area contributed by atoms with E-state index in [4.69, 9.17) is 20.8 Å². The van der Waals surface area contributed by atoms with Crippen molar-refractivity contribution >= 4 is 45.9 Å². The highest BCUT2D eigenvalue weighted by Crippen LogP contribution is 2.45. The fraction of sp³-hybridized carbons (Fsp3) is 0.360. The van der Waals surface area contributed by atoms with Gasteiger partial charge in [0.1, 0.15) is 23.2 Å². The fourth-order valence-electron chi connectivity index (χ4n) is 4.78. The average Bonchev–Trinajstić information content (AvgIpc) is 3.44. The number of methoxy groups -OCH3 is 1. The molecule has 3 aromatic rings. The van der Waals surface area contributed by atoms with Crippen molar-refractivity contribution in [1.29, 1.82) is 0 Å². The Hall–Kier alpha value is -2.64. The average molecular weight is 485 g/mol. The number of benzene rings is 2. The van der Waals surface area contributed by atoms with Crippen LogP contribution in [0.4, 0.5) is 0 Å². The second-order valence-corrected chi connectivity index (χ2v) is 10.00. The van der Waals surface area contributed by atoms with Gasteiger partial charge in [-0.3, -0.25) is 9.59 Å². The first-order chi connectivity index (χ1) is 16.0. The van der Waals surface area contributed by atoms with Gasteiger partial charge in [-0.25, -0.2) is 0 Å². The number of likely N-dealkylation sites (tertiary alicyclic amines) is 1. The molecule has 0 atom stereocenters. The zero-order valence-electron chi connectivity index (χ0n) is 18.4. The Morgan fingerprint density at radius 1 is 1.18 bits per heavy atom. The van der Waals surface area contributed by atoms with E-state index in [0.29, 0.717) is 25.4 Å². The molecule has 2 fully saturated rings. The normalized spacial score (nSPS) is 17.8. The third-order valence-electron chi connectivity index (χ3n) is 6.58. The Morgan fingerprint density at radius 3 is 2.73 bits per heavy atom. The summed E-state index contributed by atoms with van der Waals surface area (Å²) in [6.45, 7) is 1.64. The van der Waals surface area contributed by atoms with Gasteiger partial charge in [0.05, 0.1) is 24.3 Å². The fourth-order valence-corrected chi connectivity index (χ4v) is 6.29. The zero-order chi connectivity index (χ0) is 23.0. The molecule has 3 heterocycles. The lowest BCUT2D eigenvalue weighted by atomic mass is 10.0. The Morgan fingerprint density at radius 2 is 1.97 bits per heavy atom. The van der Waals surface area contributed by atoms with Crippen molar-refractivity contribution < 1.29 is 18.7 Å². The van der Waals surface area contributed by atoms with Crippen LogP contribution in [0, 0.1) is 0 Å². The van der Waals surface area contributed by atoms with Crippen molar-refractivity contribution in [3.05, 3.63) is 54.3 Å². The first-order valence-electron chi connectivity index (χ1n) is 11.0. The minimum Gasteiger partial charge on any atom is -0.497 e. The minimum absolute atomic E-state index is 0.00306. The summed E-state index contributed by atoms with van der Waals surface area (Å²) in [5.74, 6) is 2.77. The molecule has 172 valence electrons. The van der Waals surface area contributed by atoms with E-state index in [1.165, 1.54) is 0 Å². The highest BCUT2D eigenvalue weighted by Gasteiger charge is 2.48. The molecular formula is C25H25ClN2O4S. The molecule has 0 aliphatic carbocycles. The number of amides is 2. The SMILES string of the molecule is COc1cc(-c2ccc(CN3C(=O)CSC34CCN(C(=O)CCl)CC4)o2)c2ccccc2c1. The molecule has 33 heavy (non-hydrogen) atoms. The van der Waals surface area contributed by atoms with Gasteiger partial charge in [0.15, 0.2) is 0 Å². The van der Waals surface area contributed by atoms with Gasteiger partial charge in [-0.1, -0.05) is 24.3 Å². The van der Waals surface area contributed by atoms with Crippen molar-refractivity contribution in [2.45, 2.75) is 24.3 Å². The molecule has 1 aromatic heterocycles. The quantitative estimate of drug-likeness (QED) is 0.489. The number of carbonyl (C=O) groups excluding carboxylic acids is 2. The van der Waals surface area contributed by atoms with E-state index in [1.54, 1.807) is 23.8 Å². The zero-order valence-corrected chi connectivity index (χ0v) is 20.0. The van der Waals surface area contributed by atoms with E-state index in [2.05, 4.69) is 12.1 Å². The highest BCUT2D eigenvalue weighted by atomic mass is 35.5. The number of carbonyl (C=O) groups is 2. The number of hydrogen-bond acceptors (Lipinski definition) is 5. The third-order valence-corrected chi connectivity index (χ3v) is 8.37. The molecule has 2 aliphatic rings. The monoisotopic (exact) mass is 484 g/mol. The molecule has 0 unspecified atom stereocenters. The van der Waals surface area contributed by atoms with E-state index in [-0.39, 0.29) is 22.6 Å². The molecule has 0 saturated carbocycles. The molecule has 8 heteroatoms. The number of ether oxygens (including phenoxy) is 1. The number of piperidine rings is 1. The second kappa shape index (κ2) is 8.95. The maximum Gasteiger partial charge on any atom is 0.237 e. The maximum absolute atomic E-state index is 12.8. The molecule has 0 radical (unpaired) electrons. The lowest BCUT2D eigenvalue weighted by Crippen LogP contribution is -2.52. The van der Waals surface area contributed by atoms with Gasteiger partial charge in [0.2, 0.25) is 11.8 Å². The van der Waals surface area contributed by atoms with Gasteiger partial charge in [-0.15, -0.1) is 23.4 Å². The first kappa shape index (κ1) is 22.2. The molecule has 6 nitrogen and oxygen atoms in total. The smallest absolute Gasteiger partial charge is 0.237 e. The van der Waals surface area contributed by atoms with Crippen molar-refractivity contribution in [2.24, 2.45) is 0 Å². The number of alkyl halides is 1. The standard InChI is InChI=1S/C25H25ClN2O4S/c1-31-19-12-17-4-2-3-5-20(17)21(13-19)22-7-6-18(32-22)15-28-24(30)16-33-25(28)8-10-27(11-9-25)23(29)14-26/h2-7,12-13H,8-11,14-16H2,1H3. The third kappa shape index (κ3) is 4.08. The van der Waals surface area contributed by atoms with Crippen molar-refractivity contribution in [3.63, 3.8) is 0 Å². The van der Waals surface area contributed by atoms with E-state index in [0.717, 1.165) is 46.4 Å². The molecule has 2 saturated heterocycles. The van der Waals surface area contributed by atoms with Crippen molar-refractivity contribution in [2.75, 3.05) is 31.8 Å². The summed E-state index contributed by atoms with van der Waals surface area (Å²) in [7, 11) is 1.66. The second-order valence-electron chi connectivity index (χ2n) is 8.39. The van der Waals surface area contributed by atoms with Crippen LogP contribution in [0.25, 0.3) is 22.1 Å². The van der Waals surface area contributed by atoms with Crippen LogP contribution in [0.3, 0.4) is 0 Å². The van der Waals surface area contributed by atoms with Crippen LogP contribution in [-0.4, -0.2) is 58.3 Å². The van der Waals surface area contributed by atoms with Crippen LogP contribution < -0.4 is 4.74 Å². The number of fused-ring (bicyclic) bond motifs is 1. The van der Waals surface area contributed by atoms with Crippen LogP contribution in [0.5, 0.6) is 5.75 Å². The summed E-state index contributed by atoms with van der Waals surface area (Å²) in [4.78, 5) is 28.2. The number of thioether (sulfide) groups is 1. The number of nitrogens with zero attached hydrogens (tertiary/aromatic N) is 2. The van der Waals surface area contributed by atoms with Gasteiger partial charge < -0.3 is 19.0 Å². The van der Waals surface area contributed by atoms with Crippen molar-refractivity contribution in [3.8, 4) is 17.1 Å². The molecule has 5 rings (SSSR count). The van der Waals surface area contributed by atoms with Gasteiger partial charge in [0.25, 0.3) is 0 Å². The largest absolute Gasteiger partial charge is 0.497 e. The topological polar surface area (TPSA) is 63.0 Å². The molecule has 2 aliphatic heterocycles. The Bertz CT molecular complexity index is 1200. The summed E-state index contributed by atoms with van der Waals surface area (Å²) < 4.78 is 11.7. The summed E-state index contributed by atoms with van der Waals surface area (Å²) in [6, 6.07) is 16.0. The summed E-state index contributed by atoms with van der Waals surface area (Å²) in [6.07, 6.45) is 1.47. The van der Waals surface area contributed by atoms with Crippen LogP contribution in [0.1, 0.15) is 18.6 Å². The van der Waals surface area contributed by atoms with Gasteiger partial charge in [-0.2, -0.15) is 0 Å². The maximum atomic E-state index is 12.8. The van der Waals surface area contributed by atoms with Crippen LogP contribution in [0.15, 0.2) is 52.9 Å². The number of halogens is 1. The van der Waals surface area contributed by atoms with E-state index >= 15 is 0 Å². The van der Waals surface area contributed by atoms with Crippen molar-refractivity contribution in [1.82, 2.24) is 9.80 Å². The minimum atomic E-state index is -0.296. The summed E-state index contributed by atoms with van der Waals surface area (Å²) in [5.41, 5.74) is 0.959. The predicted molar refractivity (Wildman–Crippen MR) is 130 cm³/mol. The number of rotatable bonds is 5. The lowest BCUT2D eigenvalue weighted by molar-refractivity contribution is -0.134.